The van der Waals surface area contributed by atoms with Gasteiger partial charge < -0.3 is 10.6 Å². The Balaban J connectivity index is 1.93. The first-order valence-electron chi connectivity index (χ1n) is 6.56. The first-order chi connectivity index (χ1) is 9.69. The van der Waals surface area contributed by atoms with Crippen LogP contribution >= 0.6 is 15.9 Å². The number of anilines is 1. The average molecular weight is 334 g/mol. The van der Waals surface area contributed by atoms with Crippen LogP contribution in [0.4, 0.5) is 5.69 Å². The van der Waals surface area contributed by atoms with Crippen LogP contribution in [0, 0.1) is 0 Å². The summed E-state index contributed by atoms with van der Waals surface area (Å²) in [5.41, 5.74) is 8.23. The number of rotatable bonds is 3. The van der Waals surface area contributed by atoms with Gasteiger partial charge in [-0.2, -0.15) is 5.10 Å². The summed E-state index contributed by atoms with van der Waals surface area (Å²) >= 11 is 3.45. The van der Waals surface area contributed by atoms with Crippen molar-refractivity contribution in [3.8, 4) is 0 Å². The minimum Gasteiger partial charge on any atom is -0.369 e. The lowest BCUT2D eigenvalue weighted by molar-refractivity contribution is 0.657. The van der Waals surface area contributed by atoms with Crippen molar-refractivity contribution in [2.24, 2.45) is 10.7 Å². The number of benzene rings is 1. The number of halogens is 1. The Kier molecular flexibility index (Phi) is 3.48. The summed E-state index contributed by atoms with van der Waals surface area (Å²) in [6.45, 7) is 3.60. The first kappa shape index (κ1) is 13.2. The fourth-order valence-electron chi connectivity index (χ4n) is 2.39. The number of aromatic nitrogens is 2. The quantitative estimate of drug-likeness (QED) is 0.938. The minimum absolute atomic E-state index is 0.122. The van der Waals surface area contributed by atoms with Crippen molar-refractivity contribution < 1.29 is 0 Å². The Labute approximate surface area is 126 Å². The summed E-state index contributed by atoms with van der Waals surface area (Å²) in [5.74, 6) is 0.557. The molecule has 2 N–H and O–H groups in total. The van der Waals surface area contributed by atoms with Crippen LogP contribution < -0.4 is 10.6 Å². The van der Waals surface area contributed by atoms with Crippen LogP contribution in [0.25, 0.3) is 0 Å². The minimum atomic E-state index is 0.122. The summed E-state index contributed by atoms with van der Waals surface area (Å²) in [7, 11) is 0. The van der Waals surface area contributed by atoms with Crippen molar-refractivity contribution in [1.29, 1.82) is 0 Å². The Morgan fingerprint density at radius 3 is 2.75 bits per heavy atom. The lowest BCUT2D eigenvalue weighted by Gasteiger charge is -2.25. The van der Waals surface area contributed by atoms with Crippen molar-refractivity contribution in [1.82, 2.24) is 9.78 Å². The molecule has 0 bridgehead atoms. The van der Waals surface area contributed by atoms with E-state index in [1.165, 1.54) is 0 Å². The second kappa shape index (κ2) is 5.28. The van der Waals surface area contributed by atoms with E-state index in [-0.39, 0.29) is 6.04 Å². The SMILES string of the molecule is CCn1cc(C2CN=C(N)N2c2ccc(Br)cc2)cn1. The van der Waals surface area contributed by atoms with E-state index < -0.39 is 0 Å². The Morgan fingerprint density at radius 2 is 2.10 bits per heavy atom. The summed E-state index contributed by atoms with van der Waals surface area (Å²) < 4.78 is 2.97. The van der Waals surface area contributed by atoms with Gasteiger partial charge in [-0.15, -0.1) is 0 Å². The molecule has 2 heterocycles. The predicted molar refractivity (Wildman–Crippen MR) is 83.8 cm³/mol. The largest absolute Gasteiger partial charge is 0.369 e. The molecular formula is C14H16BrN5. The molecule has 0 saturated carbocycles. The van der Waals surface area contributed by atoms with Gasteiger partial charge in [-0.05, 0) is 31.2 Å². The van der Waals surface area contributed by atoms with E-state index in [9.17, 15) is 0 Å². The Hall–Kier alpha value is -1.82. The van der Waals surface area contributed by atoms with Crippen LogP contribution in [0.15, 0.2) is 46.1 Å². The zero-order chi connectivity index (χ0) is 14.1. The summed E-state index contributed by atoms with van der Waals surface area (Å²) in [4.78, 5) is 6.44. The van der Waals surface area contributed by atoms with Gasteiger partial charge >= 0.3 is 0 Å². The van der Waals surface area contributed by atoms with Gasteiger partial charge in [0.1, 0.15) is 0 Å². The van der Waals surface area contributed by atoms with Crippen LogP contribution in [0.5, 0.6) is 0 Å². The molecule has 0 saturated heterocycles. The van der Waals surface area contributed by atoms with Gasteiger partial charge in [0.2, 0.25) is 0 Å². The summed E-state index contributed by atoms with van der Waals surface area (Å²) in [6, 6.07) is 8.21. The van der Waals surface area contributed by atoms with E-state index in [1.54, 1.807) is 0 Å². The molecule has 5 nitrogen and oxygen atoms in total. The molecule has 1 aliphatic heterocycles. The molecule has 104 valence electrons. The van der Waals surface area contributed by atoms with Gasteiger partial charge in [0.05, 0.1) is 18.8 Å². The van der Waals surface area contributed by atoms with Crippen molar-refractivity contribution in [2.75, 3.05) is 11.4 Å². The molecule has 0 amide bonds. The van der Waals surface area contributed by atoms with Crippen molar-refractivity contribution in [3.63, 3.8) is 0 Å². The van der Waals surface area contributed by atoms with E-state index >= 15 is 0 Å². The van der Waals surface area contributed by atoms with E-state index in [0.717, 1.165) is 22.3 Å². The monoisotopic (exact) mass is 333 g/mol. The average Bonchev–Trinajstić information content (AvgIpc) is 3.06. The molecule has 0 aliphatic carbocycles. The molecule has 3 rings (SSSR count). The van der Waals surface area contributed by atoms with Crippen LogP contribution in [-0.2, 0) is 6.54 Å². The van der Waals surface area contributed by atoms with Crippen LogP contribution in [-0.4, -0.2) is 22.3 Å². The first-order valence-corrected chi connectivity index (χ1v) is 7.35. The van der Waals surface area contributed by atoms with Gasteiger partial charge in [-0.1, -0.05) is 15.9 Å². The molecule has 1 unspecified atom stereocenters. The number of aliphatic imine (C=N–C) groups is 1. The number of hydrogen-bond donors (Lipinski definition) is 1. The Bertz CT molecular complexity index is 631. The fraction of sp³-hybridized carbons (Fsp3) is 0.286. The van der Waals surface area contributed by atoms with Crippen LogP contribution in [0.2, 0.25) is 0 Å². The van der Waals surface area contributed by atoms with Gasteiger partial charge in [-0.25, -0.2) is 0 Å². The maximum absolute atomic E-state index is 6.05. The number of aryl methyl sites for hydroxylation is 1. The summed E-state index contributed by atoms with van der Waals surface area (Å²) in [6.07, 6.45) is 3.96. The third-order valence-electron chi connectivity index (χ3n) is 3.45. The molecular weight excluding hydrogens is 318 g/mol. The zero-order valence-electron chi connectivity index (χ0n) is 11.2. The highest BCUT2D eigenvalue weighted by Gasteiger charge is 2.29. The maximum atomic E-state index is 6.05. The third-order valence-corrected chi connectivity index (χ3v) is 3.98. The molecule has 0 fully saturated rings. The number of nitrogens with two attached hydrogens (primary N) is 1. The second-order valence-electron chi connectivity index (χ2n) is 4.69. The second-order valence-corrected chi connectivity index (χ2v) is 5.61. The standard InChI is InChI=1S/C14H16BrN5/c1-2-19-9-10(7-18-19)13-8-17-14(16)20(13)12-5-3-11(15)4-6-12/h3-7,9,13H,2,8H2,1H3,(H2,16,17). The lowest BCUT2D eigenvalue weighted by Crippen LogP contribution is -2.35. The molecule has 0 radical (unpaired) electrons. The lowest BCUT2D eigenvalue weighted by atomic mass is 10.1. The van der Waals surface area contributed by atoms with E-state index in [2.05, 4.69) is 44.0 Å². The normalized spacial score (nSPS) is 18.4. The van der Waals surface area contributed by atoms with Crippen molar-refractivity contribution in [3.05, 3.63) is 46.7 Å². The van der Waals surface area contributed by atoms with E-state index in [4.69, 9.17) is 5.73 Å². The van der Waals surface area contributed by atoms with Crippen molar-refractivity contribution >= 4 is 27.6 Å². The smallest absolute Gasteiger partial charge is 0.196 e. The van der Waals surface area contributed by atoms with Gasteiger partial charge in [-0.3, -0.25) is 9.67 Å². The van der Waals surface area contributed by atoms with Crippen LogP contribution in [0.3, 0.4) is 0 Å². The summed E-state index contributed by atoms with van der Waals surface area (Å²) in [5, 5.41) is 4.34. The topological polar surface area (TPSA) is 59.4 Å². The molecule has 2 aromatic rings. The molecule has 0 spiro atoms. The van der Waals surface area contributed by atoms with E-state index in [0.29, 0.717) is 12.5 Å². The Morgan fingerprint density at radius 1 is 1.35 bits per heavy atom. The molecule has 1 aliphatic rings. The highest BCUT2D eigenvalue weighted by molar-refractivity contribution is 9.10. The molecule has 20 heavy (non-hydrogen) atoms. The van der Waals surface area contributed by atoms with Gasteiger partial charge in [0, 0.05) is 28.5 Å². The van der Waals surface area contributed by atoms with Crippen molar-refractivity contribution in [2.45, 2.75) is 19.5 Å². The molecule has 1 aromatic carbocycles. The molecule has 6 heteroatoms. The molecule has 1 atom stereocenters. The highest BCUT2D eigenvalue weighted by Crippen LogP contribution is 2.31. The highest BCUT2D eigenvalue weighted by atomic mass is 79.9. The zero-order valence-corrected chi connectivity index (χ0v) is 12.8. The maximum Gasteiger partial charge on any atom is 0.196 e. The third kappa shape index (κ3) is 2.31. The van der Waals surface area contributed by atoms with Crippen LogP contribution in [0.1, 0.15) is 18.5 Å². The predicted octanol–water partition coefficient (Wildman–Crippen LogP) is 2.54. The fourth-order valence-corrected chi connectivity index (χ4v) is 2.65. The number of nitrogens with zero attached hydrogens (tertiary/aromatic N) is 4. The van der Waals surface area contributed by atoms with Gasteiger partial charge in [0.25, 0.3) is 0 Å². The molecule has 1 aromatic heterocycles. The van der Waals surface area contributed by atoms with E-state index in [1.807, 2.05) is 35.1 Å². The number of guanidine groups is 1. The number of hydrogen-bond acceptors (Lipinski definition) is 4. The van der Waals surface area contributed by atoms with Gasteiger partial charge in [0.15, 0.2) is 5.96 Å².